The number of amides is 1. The molecule has 0 bridgehead atoms. The molecule has 0 spiro atoms. The van der Waals surface area contributed by atoms with Crippen LogP contribution in [0.1, 0.15) is 40.1 Å². The molecule has 1 amide bonds. The third-order valence-electron chi connectivity index (χ3n) is 5.07. The summed E-state index contributed by atoms with van der Waals surface area (Å²) >= 11 is 0. The van der Waals surface area contributed by atoms with Crippen molar-refractivity contribution < 1.29 is 18.7 Å². The van der Waals surface area contributed by atoms with Crippen LogP contribution in [0.25, 0.3) is 0 Å². The number of rotatable bonds is 4. The molecular weight excluding hydrogens is 306 g/mol. The van der Waals surface area contributed by atoms with Crippen molar-refractivity contribution in [1.82, 2.24) is 4.90 Å². The largest absolute Gasteiger partial charge is 0.493 e. The van der Waals surface area contributed by atoms with E-state index in [4.69, 9.17) is 13.9 Å². The van der Waals surface area contributed by atoms with E-state index >= 15 is 0 Å². The molecule has 5 rings (SSSR count). The highest BCUT2D eigenvalue weighted by Gasteiger charge is 2.36. The van der Waals surface area contributed by atoms with Crippen molar-refractivity contribution >= 4 is 5.91 Å². The van der Waals surface area contributed by atoms with E-state index in [-0.39, 0.29) is 5.91 Å². The van der Waals surface area contributed by atoms with E-state index in [9.17, 15) is 4.79 Å². The average molecular weight is 325 g/mol. The smallest absolute Gasteiger partial charge is 0.290 e. The van der Waals surface area contributed by atoms with Crippen LogP contribution in [0.4, 0.5) is 0 Å². The molecule has 3 aliphatic rings. The van der Waals surface area contributed by atoms with Crippen molar-refractivity contribution in [3.8, 4) is 11.5 Å². The normalized spacial score (nSPS) is 17.8. The van der Waals surface area contributed by atoms with Gasteiger partial charge in [0.15, 0.2) is 5.76 Å². The van der Waals surface area contributed by atoms with Gasteiger partial charge in [0.05, 0.1) is 26.0 Å². The number of nitrogens with zero attached hydrogens (tertiary/aromatic N) is 1. The van der Waals surface area contributed by atoms with Crippen LogP contribution in [0.5, 0.6) is 11.5 Å². The molecule has 2 aliphatic heterocycles. The fourth-order valence-electron chi connectivity index (χ4n) is 3.72. The minimum absolute atomic E-state index is 0.0363. The summed E-state index contributed by atoms with van der Waals surface area (Å²) in [5.74, 6) is 2.31. The number of ether oxygens (including phenoxy) is 2. The number of furan rings is 1. The predicted octanol–water partition coefficient (Wildman–Crippen LogP) is 2.95. The third kappa shape index (κ3) is 2.19. The van der Waals surface area contributed by atoms with Gasteiger partial charge in [-0.05, 0) is 31.0 Å². The standard InChI is InChI=1S/C19H19NO4/c21-19(16-2-1-7-22-16)20(13-3-4-13)11-15-14-6-9-23-17(14)10-12-5-8-24-18(12)15/h1-2,7,10,13H,3-6,8-9,11H2. The number of fused-ring (bicyclic) bond motifs is 2. The van der Waals surface area contributed by atoms with Crippen molar-refractivity contribution in [2.75, 3.05) is 13.2 Å². The summed E-state index contributed by atoms with van der Waals surface area (Å²) in [6.45, 7) is 1.99. The molecule has 5 heteroatoms. The van der Waals surface area contributed by atoms with Crippen LogP contribution in [-0.2, 0) is 19.4 Å². The quantitative estimate of drug-likeness (QED) is 0.867. The molecule has 5 nitrogen and oxygen atoms in total. The summed E-state index contributed by atoms with van der Waals surface area (Å²) < 4.78 is 17.0. The van der Waals surface area contributed by atoms with Gasteiger partial charge < -0.3 is 18.8 Å². The zero-order valence-corrected chi connectivity index (χ0v) is 13.4. The van der Waals surface area contributed by atoms with Crippen LogP contribution >= 0.6 is 0 Å². The van der Waals surface area contributed by atoms with Gasteiger partial charge in [0.2, 0.25) is 0 Å². The summed E-state index contributed by atoms with van der Waals surface area (Å²) in [5.41, 5.74) is 3.53. The van der Waals surface area contributed by atoms with E-state index in [0.29, 0.717) is 31.6 Å². The second-order valence-corrected chi connectivity index (χ2v) is 6.66. The predicted molar refractivity (Wildman–Crippen MR) is 86.4 cm³/mol. The maximum atomic E-state index is 12.9. The molecule has 1 aliphatic carbocycles. The number of carbonyl (C=O) groups is 1. The van der Waals surface area contributed by atoms with Crippen molar-refractivity contribution in [3.63, 3.8) is 0 Å². The summed E-state index contributed by atoms with van der Waals surface area (Å²) in [5, 5.41) is 0. The van der Waals surface area contributed by atoms with Crippen LogP contribution in [0, 0.1) is 0 Å². The Morgan fingerprint density at radius 1 is 1.21 bits per heavy atom. The molecule has 0 saturated heterocycles. The molecule has 3 heterocycles. The number of benzene rings is 1. The van der Waals surface area contributed by atoms with E-state index in [1.165, 1.54) is 11.1 Å². The summed E-state index contributed by atoms with van der Waals surface area (Å²) in [6.07, 6.45) is 5.46. The zero-order valence-electron chi connectivity index (χ0n) is 13.4. The van der Waals surface area contributed by atoms with Gasteiger partial charge in [-0.25, -0.2) is 0 Å². The lowest BCUT2D eigenvalue weighted by Crippen LogP contribution is -2.32. The number of carbonyl (C=O) groups excluding carboxylic acids is 1. The maximum Gasteiger partial charge on any atom is 0.290 e. The van der Waals surface area contributed by atoms with Crippen LogP contribution in [0.2, 0.25) is 0 Å². The van der Waals surface area contributed by atoms with Gasteiger partial charge in [-0.3, -0.25) is 4.79 Å². The van der Waals surface area contributed by atoms with Gasteiger partial charge in [-0.15, -0.1) is 0 Å². The van der Waals surface area contributed by atoms with Gasteiger partial charge >= 0.3 is 0 Å². The van der Waals surface area contributed by atoms with Crippen molar-refractivity contribution in [1.29, 1.82) is 0 Å². The first-order chi connectivity index (χ1) is 11.8. The van der Waals surface area contributed by atoms with E-state index in [1.54, 1.807) is 18.4 Å². The highest BCUT2D eigenvalue weighted by molar-refractivity contribution is 5.92. The van der Waals surface area contributed by atoms with Gasteiger partial charge in [0.1, 0.15) is 11.5 Å². The Balaban J connectivity index is 1.53. The molecule has 0 atom stereocenters. The summed E-state index contributed by atoms with van der Waals surface area (Å²) in [6, 6.07) is 5.91. The van der Waals surface area contributed by atoms with Crippen molar-refractivity contribution in [2.24, 2.45) is 0 Å². The molecule has 0 N–H and O–H groups in total. The molecular formula is C19H19NO4. The van der Waals surface area contributed by atoms with Gasteiger partial charge in [0, 0.05) is 35.6 Å². The highest BCUT2D eigenvalue weighted by atomic mass is 16.5. The van der Waals surface area contributed by atoms with Gasteiger partial charge in [-0.1, -0.05) is 0 Å². The Morgan fingerprint density at radius 3 is 2.88 bits per heavy atom. The molecule has 0 unspecified atom stereocenters. The highest BCUT2D eigenvalue weighted by Crippen LogP contribution is 2.42. The lowest BCUT2D eigenvalue weighted by atomic mass is 9.99. The fourth-order valence-corrected chi connectivity index (χ4v) is 3.72. The monoisotopic (exact) mass is 325 g/mol. The average Bonchev–Trinajstić information content (AvgIpc) is 3.01. The van der Waals surface area contributed by atoms with E-state index in [2.05, 4.69) is 6.07 Å². The van der Waals surface area contributed by atoms with Gasteiger partial charge in [-0.2, -0.15) is 0 Å². The van der Waals surface area contributed by atoms with Crippen molar-refractivity contribution in [2.45, 2.75) is 38.3 Å². The van der Waals surface area contributed by atoms with Crippen LogP contribution in [0.3, 0.4) is 0 Å². The van der Waals surface area contributed by atoms with E-state index < -0.39 is 0 Å². The lowest BCUT2D eigenvalue weighted by molar-refractivity contribution is 0.0696. The van der Waals surface area contributed by atoms with E-state index in [0.717, 1.165) is 42.7 Å². The van der Waals surface area contributed by atoms with Crippen molar-refractivity contribution in [3.05, 3.63) is 46.9 Å². The molecule has 1 aromatic heterocycles. The maximum absolute atomic E-state index is 12.9. The number of hydrogen-bond acceptors (Lipinski definition) is 4. The molecule has 1 aromatic carbocycles. The first kappa shape index (κ1) is 14.0. The fraction of sp³-hybridized carbons (Fsp3) is 0.421. The SMILES string of the molecule is O=C(c1ccco1)N(Cc1c2c(cc3c1OCC3)OCC2)C1CC1. The second-order valence-electron chi connectivity index (χ2n) is 6.66. The topological polar surface area (TPSA) is 51.9 Å². The molecule has 2 aromatic rings. The number of hydrogen-bond donors (Lipinski definition) is 0. The molecule has 24 heavy (non-hydrogen) atoms. The van der Waals surface area contributed by atoms with Crippen LogP contribution in [0.15, 0.2) is 28.9 Å². The molecule has 1 fully saturated rings. The third-order valence-corrected chi connectivity index (χ3v) is 5.07. The van der Waals surface area contributed by atoms with Crippen LogP contribution in [-0.4, -0.2) is 30.1 Å². The van der Waals surface area contributed by atoms with E-state index in [1.807, 2.05) is 4.90 Å². The summed E-state index contributed by atoms with van der Waals surface area (Å²) in [7, 11) is 0. The minimum Gasteiger partial charge on any atom is -0.493 e. The Hall–Kier alpha value is -2.43. The van der Waals surface area contributed by atoms with Gasteiger partial charge in [0.25, 0.3) is 5.91 Å². The Kier molecular flexibility index (Phi) is 3.08. The lowest BCUT2D eigenvalue weighted by Gasteiger charge is -2.24. The first-order valence-corrected chi connectivity index (χ1v) is 8.59. The Bertz CT molecular complexity index is 760. The summed E-state index contributed by atoms with van der Waals surface area (Å²) in [4.78, 5) is 14.8. The molecule has 124 valence electrons. The zero-order chi connectivity index (χ0) is 16.1. The second kappa shape index (κ2) is 5.30. The molecule has 1 saturated carbocycles. The minimum atomic E-state index is -0.0363. The first-order valence-electron chi connectivity index (χ1n) is 8.59. The Morgan fingerprint density at radius 2 is 2.08 bits per heavy atom. The molecule has 0 radical (unpaired) electrons. The van der Waals surface area contributed by atoms with Crippen LogP contribution < -0.4 is 9.47 Å². The Labute approximate surface area is 140 Å².